The van der Waals surface area contributed by atoms with Crippen molar-refractivity contribution in [1.29, 1.82) is 0 Å². The number of piperidine rings is 1. The Kier molecular flexibility index (Phi) is 6.24. The molecule has 2 aliphatic rings. The summed E-state index contributed by atoms with van der Waals surface area (Å²) in [7, 11) is 0. The van der Waals surface area contributed by atoms with Crippen LogP contribution in [-0.2, 0) is 9.59 Å². The monoisotopic (exact) mass is 441 g/mol. The van der Waals surface area contributed by atoms with Crippen molar-refractivity contribution in [2.75, 3.05) is 13.1 Å². The molecule has 2 fully saturated rings. The van der Waals surface area contributed by atoms with Crippen LogP contribution >= 0.6 is 24.0 Å². The van der Waals surface area contributed by atoms with Gasteiger partial charge in [0, 0.05) is 18.9 Å². The first-order valence-electron chi connectivity index (χ1n) is 9.73. The second-order valence-electron chi connectivity index (χ2n) is 7.20. The van der Waals surface area contributed by atoms with Crippen LogP contribution in [0.1, 0.15) is 36.4 Å². The first kappa shape index (κ1) is 20.7. The Bertz CT molecular complexity index is 995. The molecular formula is C22H20FN3O2S2. The molecule has 0 N–H and O–H groups in total. The van der Waals surface area contributed by atoms with Crippen LogP contribution in [0.25, 0.3) is 6.08 Å². The molecule has 1 unspecified atom stereocenters. The van der Waals surface area contributed by atoms with Crippen LogP contribution in [0.2, 0.25) is 0 Å². The molecule has 8 heteroatoms. The number of nitrogens with zero attached hydrogens (tertiary/aromatic N) is 3. The van der Waals surface area contributed by atoms with Crippen molar-refractivity contribution in [3.05, 3.63) is 70.6 Å². The fourth-order valence-corrected chi connectivity index (χ4v) is 4.98. The molecule has 4 rings (SSSR count). The van der Waals surface area contributed by atoms with E-state index in [9.17, 15) is 14.0 Å². The number of hydrogen-bond donors (Lipinski definition) is 0. The van der Waals surface area contributed by atoms with Crippen molar-refractivity contribution in [2.24, 2.45) is 0 Å². The third kappa shape index (κ3) is 4.44. The number of likely N-dealkylation sites (tertiary alicyclic amines) is 1. The highest BCUT2D eigenvalue weighted by molar-refractivity contribution is 8.26. The summed E-state index contributed by atoms with van der Waals surface area (Å²) >= 11 is 6.52. The average molecular weight is 442 g/mol. The second-order valence-corrected chi connectivity index (χ2v) is 8.88. The van der Waals surface area contributed by atoms with Gasteiger partial charge in [-0.25, -0.2) is 4.39 Å². The van der Waals surface area contributed by atoms with Crippen molar-refractivity contribution in [1.82, 2.24) is 14.8 Å². The molecule has 1 atom stereocenters. The summed E-state index contributed by atoms with van der Waals surface area (Å²) in [4.78, 5) is 33.8. The lowest BCUT2D eigenvalue weighted by Crippen LogP contribution is -2.45. The van der Waals surface area contributed by atoms with E-state index in [1.807, 2.05) is 17.0 Å². The van der Waals surface area contributed by atoms with Gasteiger partial charge < -0.3 is 4.90 Å². The molecule has 2 aliphatic heterocycles. The van der Waals surface area contributed by atoms with Crippen molar-refractivity contribution in [3.63, 3.8) is 0 Å². The van der Waals surface area contributed by atoms with E-state index in [2.05, 4.69) is 4.98 Å². The number of amides is 2. The van der Waals surface area contributed by atoms with Crippen LogP contribution in [0.3, 0.4) is 0 Å². The number of thiocarbonyl (C=S) groups is 1. The lowest BCUT2D eigenvalue weighted by atomic mass is 9.96. The van der Waals surface area contributed by atoms with Crippen molar-refractivity contribution in [3.8, 4) is 0 Å². The zero-order chi connectivity index (χ0) is 21.1. The molecule has 2 aromatic rings. The largest absolute Gasteiger partial charge is 0.334 e. The second kappa shape index (κ2) is 9.06. The van der Waals surface area contributed by atoms with E-state index in [4.69, 9.17) is 12.2 Å². The number of pyridine rings is 1. The fraction of sp³-hybridized carbons (Fsp3) is 0.273. The fourth-order valence-electron chi connectivity index (χ4n) is 3.72. The molecule has 1 aromatic heterocycles. The molecule has 30 heavy (non-hydrogen) atoms. The Balaban J connectivity index is 1.49. The molecule has 1 aromatic carbocycles. The Morgan fingerprint density at radius 3 is 2.80 bits per heavy atom. The molecular weight excluding hydrogens is 421 g/mol. The molecule has 5 nitrogen and oxygen atoms in total. The molecule has 0 aliphatic carbocycles. The number of halogens is 1. The summed E-state index contributed by atoms with van der Waals surface area (Å²) in [6.45, 7) is 0.570. The van der Waals surface area contributed by atoms with E-state index in [-0.39, 0.29) is 30.2 Å². The maximum absolute atomic E-state index is 13.1. The van der Waals surface area contributed by atoms with Gasteiger partial charge in [-0.1, -0.05) is 42.2 Å². The predicted molar refractivity (Wildman–Crippen MR) is 119 cm³/mol. The molecule has 3 heterocycles. The molecule has 2 amide bonds. The standard InChI is InChI=1S/C22H20FN3O2S2/c23-17-8-6-15(7-9-17)12-19-21(28)26(22(29)30-19)14-20(27)25-11-2-1-5-18(25)16-4-3-10-24-13-16/h3-4,6-10,12-13,18H,1-2,5,11,14H2. The first-order chi connectivity index (χ1) is 14.5. The molecule has 0 saturated carbocycles. The molecule has 0 spiro atoms. The quantitative estimate of drug-likeness (QED) is 0.526. The number of benzene rings is 1. The number of aromatic nitrogens is 1. The third-order valence-electron chi connectivity index (χ3n) is 5.23. The summed E-state index contributed by atoms with van der Waals surface area (Å²) in [5.74, 6) is -0.754. The minimum Gasteiger partial charge on any atom is -0.334 e. The van der Waals surface area contributed by atoms with Crippen LogP contribution in [0.4, 0.5) is 4.39 Å². The van der Waals surface area contributed by atoms with Gasteiger partial charge in [0.25, 0.3) is 5.91 Å². The topological polar surface area (TPSA) is 53.5 Å². The molecule has 2 saturated heterocycles. The zero-order valence-corrected chi connectivity index (χ0v) is 17.8. The maximum Gasteiger partial charge on any atom is 0.266 e. The van der Waals surface area contributed by atoms with Gasteiger partial charge in [0.2, 0.25) is 5.91 Å². The smallest absolute Gasteiger partial charge is 0.266 e. The number of thioether (sulfide) groups is 1. The minimum absolute atomic E-state index is 0.0342. The Morgan fingerprint density at radius 1 is 1.27 bits per heavy atom. The lowest BCUT2D eigenvalue weighted by molar-refractivity contribution is -0.138. The van der Waals surface area contributed by atoms with Gasteiger partial charge in [-0.15, -0.1) is 0 Å². The van der Waals surface area contributed by atoms with E-state index >= 15 is 0 Å². The lowest BCUT2D eigenvalue weighted by Gasteiger charge is -2.36. The van der Waals surface area contributed by atoms with Gasteiger partial charge in [-0.2, -0.15) is 0 Å². The normalized spacial score (nSPS) is 20.8. The highest BCUT2D eigenvalue weighted by Gasteiger charge is 2.36. The van der Waals surface area contributed by atoms with E-state index in [1.54, 1.807) is 30.6 Å². The van der Waals surface area contributed by atoms with Gasteiger partial charge >= 0.3 is 0 Å². The van der Waals surface area contributed by atoms with Crippen LogP contribution in [0.15, 0.2) is 53.7 Å². The van der Waals surface area contributed by atoms with Gasteiger partial charge in [0.1, 0.15) is 16.7 Å². The predicted octanol–water partition coefficient (Wildman–Crippen LogP) is 4.18. The van der Waals surface area contributed by atoms with Crippen LogP contribution in [-0.4, -0.2) is 44.0 Å². The van der Waals surface area contributed by atoms with Gasteiger partial charge in [0.05, 0.1) is 10.9 Å². The number of carbonyl (C=O) groups excluding carboxylic acids is 2. The number of rotatable bonds is 4. The number of carbonyl (C=O) groups is 2. The van der Waals surface area contributed by atoms with E-state index in [0.717, 1.165) is 36.6 Å². The average Bonchev–Trinajstić information content (AvgIpc) is 3.03. The van der Waals surface area contributed by atoms with Crippen LogP contribution in [0.5, 0.6) is 0 Å². The summed E-state index contributed by atoms with van der Waals surface area (Å²) < 4.78 is 13.5. The van der Waals surface area contributed by atoms with Crippen molar-refractivity contribution < 1.29 is 14.0 Å². The first-order valence-corrected chi connectivity index (χ1v) is 11.0. The molecule has 154 valence electrons. The van der Waals surface area contributed by atoms with E-state index in [0.29, 0.717) is 21.3 Å². The summed E-state index contributed by atoms with van der Waals surface area (Å²) in [5.41, 5.74) is 1.71. The summed E-state index contributed by atoms with van der Waals surface area (Å²) in [5, 5.41) is 0. The SMILES string of the molecule is O=C1C(=Cc2ccc(F)cc2)SC(=S)N1CC(=O)N1CCCCC1c1cccnc1. The maximum atomic E-state index is 13.1. The van der Waals surface area contributed by atoms with Crippen LogP contribution in [0, 0.1) is 5.82 Å². The van der Waals surface area contributed by atoms with Gasteiger partial charge in [0.15, 0.2) is 0 Å². The zero-order valence-electron chi connectivity index (χ0n) is 16.2. The minimum atomic E-state index is -0.338. The van der Waals surface area contributed by atoms with E-state index < -0.39 is 0 Å². The summed E-state index contributed by atoms with van der Waals surface area (Å²) in [6.07, 6.45) is 8.03. The highest BCUT2D eigenvalue weighted by atomic mass is 32.2. The highest BCUT2D eigenvalue weighted by Crippen LogP contribution is 2.34. The Labute approximate surface area is 184 Å². The summed E-state index contributed by atoms with van der Waals surface area (Å²) in [6, 6.07) is 9.69. The Hall–Kier alpha value is -2.58. The van der Waals surface area contributed by atoms with Crippen molar-refractivity contribution >= 4 is 46.2 Å². The van der Waals surface area contributed by atoms with Gasteiger partial charge in [-0.05, 0) is 54.7 Å². The van der Waals surface area contributed by atoms with E-state index in [1.165, 1.54) is 17.0 Å². The van der Waals surface area contributed by atoms with Gasteiger partial charge in [-0.3, -0.25) is 19.5 Å². The number of hydrogen-bond acceptors (Lipinski definition) is 5. The third-order valence-corrected chi connectivity index (χ3v) is 6.60. The van der Waals surface area contributed by atoms with Crippen LogP contribution < -0.4 is 0 Å². The molecule has 0 radical (unpaired) electrons. The Morgan fingerprint density at radius 2 is 2.07 bits per heavy atom. The molecule has 0 bridgehead atoms. The van der Waals surface area contributed by atoms with Crippen molar-refractivity contribution in [2.45, 2.75) is 25.3 Å².